The van der Waals surface area contributed by atoms with E-state index in [9.17, 15) is 13.2 Å². The molecule has 6 nitrogen and oxygen atoms in total. The van der Waals surface area contributed by atoms with Crippen LogP contribution in [-0.4, -0.2) is 51.7 Å². The summed E-state index contributed by atoms with van der Waals surface area (Å²) < 4.78 is 22.4. The third-order valence-electron chi connectivity index (χ3n) is 2.81. The highest BCUT2D eigenvalue weighted by Crippen LogP contribution is 2.16. The van der Waals surface area contributed by atoms with Gasteiger partial charge in [-0.1, -0.05) is 12.1 Å². The van der Waals surface area contributed by atoms with Crippen LogP contribution in [0.1, 0.15) is 10.4 Å². The summed E-state index contributed by atoms with van der Waals surface area (Å²) >= 11 is 0. The Morgan fingerprint density at radius 3 is 2.80 bits per heavy atom. The van der Waals surface area contributed by atoms with Gasteiger partial charge in [0.2, 0.25) is 0 Å². The molecule has 1 aliphatic rings. The number of carbonyl (C=O) groups is 1. The number of hydrogen-bond donors (Lipinski definition) is 2. The zero-order chi connectivity index (χ0) is 14.6. The molecule has 0 aliphatic carbocycles. The van der Waals surface area contributed by atoms with Crippen LogP contribution >= 0.6 is 0 Å². The van der Waals surface area contributed by atoms with Crippen molar-refractivity contribution in [2.24, 2.45) is 4.99 Å². The number of ketones is 1. The molecule has 2 N–H and O–H groups in total. The van der Waals surface area contributed by atoms with Gasteiger partial charge in [0.05, 0.1) is 13.1 Å². The van der Waals surface area contributed by atoms with Gasteiger partial charge in [-0.3, -0.25) is 9.79 Å². The molecule has 2 rings (SSSR count). The molecule has 0 aromatic heterocycles. The molecule has 0 amide bonds. The Hall–Kier alpha value is -1.89. The molecule has 0 unspecified atom stereocenters. The second-order valence-corrected chi connectivity index (χ2v) is 6.79. The summed E-state index contributed by atoms with van der Waals surface area (Å²) in [7, 11) is -3.33. The van der Waals surface area contributed by atoms with Gasteiger partial charge in [-0.15, -0.1) is 0 Å². The highest BCUT2D eigenvalue weighted by atomic mass is 32.2. The molecule has 0 saturated carbocycles. The lowest BCUT2D eigenvalue weighted by atomic mass is 10.1. The van der Waals surface area contributed by atoms with Gasteiger partial charge in [0, 0.05) is 24.1 Å². The van der Waals surface area contributed by atoms with E-state index >= 15 is 0 Å². The zero-order valence-electron chi connectivity index (χ0n) is 11.2. The van der Waals surface area contributed by atoms with E-state index in [1.165, 1.54) is 0 Å². The van der Waals surface area contributed by atoms with Crippen LogP contribution in [0.4, 0.5) is 5.69 Å². The Morgan fingerprint density at radius 2 is 2.15 bits per heavy atom. The summed E-state index contributed by atoms with van der Waals surface area (Å²) in [6, 6.07) is 6.89. The first-order valence-electron chi connectivity index (χ1n) is 6.27. The van der Waals surface area contributed by atoms with E-state index in [1.807, 2.05) is 0 Å². The van der Waals surface area contributed by atoms with Crippen LogP contribution in [0, 0.1) is 0 Å². The first-order valence-corrected chi connectivity index (χ1v) is 8.33. The lowest BCUT2D eigenvalue weighted by Gasteiger charge is -2.11. The van der Waals surface area contributed by atoms with Crippen LogP contribution in [0.2, 0.25) is 0 Å². The Balaban J connectivity index is 2.11. The van der Waals surface area contributed by atoms with Crippen LogP contribution in [0.25, 0.3) is 0 Å². The molecule has 1 aromatic rings. The van der Waals surface area contributed by atoms with Crippen molar-refractivity contribution >= 4 is 27.1 Å². The van der Waals surface area contributed by atoms with Crippen LogP contribution < -0.4 is 10.6 Å². The fourth-order valence-corrected chi connectivity index (χ4v) is 2.57. The van der Waals surface area contributed by atoms with E-state index in [0.717, 1.165) is 25.2 Å². The monoisotopic (exact) mass is 295 g/mol. The van der Waals surface area contributed by atoms with Crippen molar-refractivity contribution in [1.29, 1.82) is 0 Å². The highest BCUT2D eigenvalue weighted by Gasteiger charge is 2.16. The molecule has 0 saturated heterocycles. The number of amidine groups is 1. The normalized spacial score (nSPS) is 14.6. The van der Waals surface area contributed by atoms with Gasteiger partial charge in [0.15, 0.2) is 15.6 Å². The number of benzene rings is 1. The van der Waals surface area contributed by atoms with Crippen molar-refractivity contribution in [3.05, 3.63) is 29.8 Å². The number of aliphatic imine (C=N–C) groups is 1. The Labute approximate surface area is 118 Å². The average molecular weight is 295 g/mol. The molecule has 0 atom stereocenters. The fraction of sp³-hybridized carbons (Fsp3) is 0.385. The average Bonchev–Trinajstić information content (AvgIpc) is 2.87. The van der Waals surface area contributed by atoms with E-state index < -0.39 is 21.4 Å². The van der Waals surface area contributed by atoms with Gasteiger partial charge in [0.1, 0.15) is 11.6 Å². The number of Topliss-reactive ketones (excluding diaryl/α,β-unsaturated/α-hetero) is 1. The zero-order valence-corrected chi connectivity index (χ0v) is 12.0. The van der Waals surface area contributed by atoms with Gasteiger partial charge in [-0.25, -0.2) is 8.42 Å². The van der Waals surface area contributed by atoms with Gasteiger partial charge in [-0.05, 0) is 12.1 Å². The molecular formula is C13H17N3O3S. The quantitative estimate of drug-likeness (QED) is 0.738. The third kappa shape index (κ3) is 4.06. The van der Waals surface area contributed by atoms with Crippen molar-refractivity contribution in [2.45, 2.75) is 0 Å². The minimum Gasteiger partial charge on any atom is -0.377 e. The number of hydrogen-bond acceptors (Lipinski definition) is 6. The number of anilines is 1. The van der Waals surface area contributed by atoms with Crippen LogP contribution in [-0.2, 0) is 9.84 Å². The van der Waals surface area contributed by atoms with Crippen molar-refractivity contribution in [1.82, 2.24) is 5.32 Å². The van der Waals surface area contributed by atoms with Crippen LogP contribution in [0.5, 0.6) is 0 Å². The largest absolute Gasteiger partial charge is 0.377 e. The summed E-state index contributed by atoms with van der Waals surface area (Å²) in [6.07, 6.45) is 1.05. The summed E-state index contributed by atoms with van der Waals surface area (Å²) in [4.78, 5) is 16.3. The molecule has 0 bridgehead atoms. The summed E-state index contributed by atoms with van der Waals surface area (Å²) in [5.41, 5.74) is 1.01. The fourth-order valence-electron chi connectivity index (χ4n) is 1.94. The first kappa shape index (κ1) is 14.5. The van der Waals surface area contributed by atoms with Gasteiger partial charge in [0.25, 0.3) is 0 Å². The molecule has 0 fully saturated rings. The van der Waals surface area contributed by atoms with Crippen molar-refractivity contribution < 1.29 is 13.2 Å². The SMILES string of the molecule is CS(=O)(=O)CC(=O)c1ccccc1NCC1=NCCN1. The van der Waals surface area contributed by atoms with Crippen LogP contribution in [0.15, 0.2) is 29.3 Å². The van der Waals surface area contributed by atoms with Gasteiger partial charge < -0.3 is 10.6 Å². The summed E-state index contributed by atoms with van der Waals surface area (Å²) in [6.45, 7) is 2.07. The molecule has 1 heterocycles. The minimum absolute atomic E-state index is 0.386. The highest BCUT2D eigenvalue weighted by molar-refractivity contribution is 7.91. The second-order valence-electron chi connectivity index (χ2n) is 4.65. The molecule has 0 spiro atoms. The van der Waals surface area contributed by atoms with E-state index in [0.29, 0.717) is 17.8 Å². The Bertz CT molecular complexity index is 638. The molecule has 7 heteroatoms. The van der Waals surface area contributed by atoms with Crippen LogP contribution in [0.3, 0.4) is 0 Å². The number of para-hydroxylation sites is 1. The molecular weight excluding hydrogens is 278 g/mol. The predicted molar refractivity (Wildman–Crippen MR) is 79.3 cm³/mol. The van der Waals surface area contributed by atoms with Gasteiger partial charge in [-0.2, -0.15) is 0 Å². The number of carbonyl (C=O) groups excluding carboxylic acids is 1. The number of sulfone groups is 1. The maximum Gasteiger partial charge on any atom is 0.179 e. The smallest absolute Gasteiger partial charge is 0.179 e. The molecule has 1 aromatic carbocycles. The summed E-state index contributed by atoms with van der Waals surface area (Å²) in [5, 5.41) is 6.23. The molecule has 1 aliphatic heterocycles. The van der Waals surface area contributed by atoms with E-state index in [2.05, 4.69) is 15.6 Å². The van der Waals surface area contributed by atoms with E-state index in [4.69, 9.17) is 0 Å². The van der Waals surface area contributed by atoms with Crippen molar-refractivity contribution in [3.8, 4) is 0 Å². The van der Waals surface area contributed by atoms with E-state index in [-0.39, 0.29) is 0 Å². The maximum atomic E-state index is 12.0. The first-order chi connectivity index (χ1) is 9.46. The molecule has 108 valence electrons. The molecule has 20 heavy (non-hydrogen) atoms. The number of nitrogens with zero attached hydrogens (tertiary/aromatic N) is 1. The van der Waals surface area contributed by atoms with Crippen molar-refractivity contribution in [3.63, 3.8) is 0 Å². The molecule has 0 radical (unpaired) electrons. The van der Waals surface area contributed by atoms with E-state index in [1.54, 1.807) is 24.3 Å². The standard InChI is InChI=1S/C13H17N3O3S/c1-20(18,19)9-12(17)10-4-2-3-5-11(10)16-8-13-14-6-7-15-13/h2-5,16H,6-9H2,1H3,(H,14,15). The van der Waals surface area contributed by atoms with Gasteiger partial charge >= 0.3 is 0 Å². The summed E-state index contributed by atoms with van der Waals surface area (Å²) in [5.74, 6) is -0.0440. The number of rotatable bonds is 6. The lowest BCUT2D eigenvalue weighted by Crippen LogP contribution is -2.27. The number of nitrogens with one attached hydrogen (secondary N) is 2. The van der Waals surface area contributed by atoms with Crippen molar-refractivity contribution in [2.75, 3.05) is 37.0 Å². The lowest BCUT2D eigenvalue weighted by molar-refractivity contribution is 0.102. The Kier molecular flexibility index (Phi) is 4.39. The third-order valence-corrected chi connectivity index (χ3v) is 3.60. The predicted octanol–water partition coefficient (Wildman–Crippen LogP) is 0.328. The Morgan fingerprint density at radius 1 is 1.40 bits per heavy atom. The minimum atomic E-state index is -3.33. The maximum absolute atomic E-state index is 12.0. The second kappa shape index (κ2) is 6.04. The topological polar surface area (TPSA) is 87.6 Å².